The molecule has 1 unspecified atom stereocenters. The smallest absolute Gasteiger partial charge is 0.0593 e. The van der Waals surface area contributed by atoms with E-state index in [0.717, 1.165) is 25.2 Å². The summed E-state index contributed by atoms with van der Waals surface area (Å²) < 4.78 is 0. The van der Waals surface area contributed by atoms with Gasteiger partial charge >= 0.3 is 0 Å². The highest BCUT2D eigenvalue weighted by Gasteiger charge is 2.29. The average Bonchev–Trinajstić information content (AvgIpc) is 2.29. The second-order valence-electron chi connectivity index (χ2n) is 5.14. The van der Waals surface area contributed by atoms with Crippen molar-refractivity contribution in [3.05, 3.63) is 0 Å². The maximum atomic E-state index is 10.2. The fourth-order valence-electron chi connectivity index (χ4n) is 2.16. The third-order valence-electron chi connectivity index (χ3n) is 4.42. The topological polar surface area (TPSA) is 20.2 Å². The van der Waals surface area contributed by atoms with E-state index in [1.807, 2.05) is 0 Å². The molecule has 0 aliphatic heterocycles. The monoisotopic (exact) mass is 214 g/mol. The number of aliphatic hydroxyl groups is 1. The fraction of sp³-hybridized carbons (Fsp3) is 1.00. The molecule has 0 rings (SSSR count). The van der Waals surface area contributed by atoms with Gasteiger partial charge in [0.25, 0.3) is 0 Å². The van der Waals surface area contributed by atoms with Gasteiger partial charge in [-0.25, -0.2) is 0 Å². The van der Waals surface area contributed by atoms with Crippen LogP contribution in [0.5, 0.6) is 0 Å². The summed E-state index contributed by atoms with van der Waals surface area (Å²) in [5.74, 6) is 0.803. The van der Waals surface area contributed by atoms with Crippen molar-refractivity contribution in [2.24, 2.45) is 11.3 Å². The lowest BCUT2D eigenvalue weighted by atomic mass is 9.76. The quantitative estimate of drug-likeness (QED) is 0.635. The molecule has 0 fully saturated rings. The Hall–Kier alpha value is -0.0400. The molecule has 0 aliphatic rings. The predicted octanol–water partition coefficient (Wildman–Crippen LogP) is 4.39. The van der Waals surface area contributed by atoms with Crippen molar-refractivity contribution in [3.8, 4) is 0 Å². The highest BCUT2D eigenvalue weighted by molar-refractivity contribution is 4.80. The number of aliphatic hydroxyl groups excluding tert-OH is 1. The fourth-order valence-corrected chi connectivity index (χ4v) is 2.16. The van der Waals surface area contributed by atoms with Crippen LogP contribution in [0.25, 0.3) is 0 Å². The van der Waals surface area contributed by atoms with Crippen molar-refractivity contribution >= 4 is 0 Å². The third kappa shape index (κ3) is 4.55. The first kappa shape index (κ1) is 15.0. The zero-order valence-corrected chi connectivity index (χ0v) is 11.3. The van der Waals surface area contributed by atoms with E-state index >= 15 is 0 Å². The van der Waals surface area contributed by atoms with Crippen LogP contribution in [0.1, 0.15) is 73.1 Å². The third-order valence-corrected chi connectivity index (χ3v) is 4.42. The number of rotatable bonds is 8. The summed E-state index contributed by atoms with van der Waals surface area (Å²) in [5, 5.41) is 10.2. The van der Waals surface area contributed by atoms with Crippen molar-refractivity contribution in [1.82, 2.24) is 0 Å². The summed E-state index contributed by atoms with van der Waals surface area (Å²) >= 11 is 0. The Bertz CT molecular complexity index is 145. The molecule has 1 N–H and O–H groups in total. The summed E-state index contributed by atoms with van der Waals surface area (Å²) in [5.41, 5.74) is 0.131. The Kier molecular flexibility index (Phi) is 7.25. The highest BCUT2D eigenvalue weighted by Crippen LogP contribution is 2.33. The van der Waals surface area contributed by atoms with Gasteiger partial charge in [0.05, 0.1) is 6.10 Å². The maximum absolute atomic E-state index is 10.2. The van der Waals surface area contributed by atoms with Crippen LogP contribution in [-0.2, 0) is 0 Å². The molecule has 0 aromatic rings. The van der Waals surface area contributed by atoms with Gasteiger partial charge in [0.15, 0.2) is 0 Å². The number of hydrogen-bond acceptors (Lipinski definition) is 1. The molecule has 15 heavy (non-hydrogen) atoms. The van der Waals surface area contributed by atoms with Gasteiger partial charge in [0.1, 0.15) is 0 Å². The van der Waals surface area contributed by atoms with Gasteiger partial charge in [-0.05, 0) is 37.0 Å². The highest BCUT2D eigenvalue weighted by atomic mass is 16.3. The molecule has 0 heterocycles. The van der Waals surface area contributed by atoms with Crippen LogP contribution in [0.2, 0.25) is 0 Å². The van der Waals surface area contributed by atoms with Gasteiger partial charge in [-0.15, -0.1) is 0 Å². The molecule has 0 bridgehead atoms. The normalized spacial score (nSPS) is 14.6. The second kappa shape index (κ2) is 7.27. The average molecular weight is 214 g/mol. The van der Waals surface area contributed by atoms with E-state index in [0.29, 0.717) is 0 Å². The Morgan fingerprint density at radius 2 is 1.40 bits per heavy atom. The van der Waals surface area contributed by atoms with E-state index in [-0.39, 0.29) is 11.5 Å². The predicted molar refractivity (Wildman–Crippen MR) is 68.0 cm³/mol. The van der Waals surface area contributed by atoms with E-state index in [1.165, 1.54) is 19.3 Å². The molecular weight excluding hydrogens is 184 g/mol. The van der Waals surface area contributed by atoms with E-state index < -0.39 is 0 Å². The Morgan fingerprint density at radius 3 is 1.73 bits per heavy atom. The summed E-state index contributed by atoms with van der Waals surface area (Å²) in [4.78, 5) is 0. The molecule has 0 radical (unpaired) electrons. The van der Waals surface area contributed by atoms with E-state index in [1.54, 1.807) is 0 Å². The van der Waals surface area contributed by atoms with Crippen LogP contribution >= 0.6 is 0 Å². The summed E-state index contributed by atoms with van der Waals surface area (Å²) in [7, 11) is 0. The van der Waals surface area contributed by atoms with Crippen molar-refractivity contribution < 1.29 is 5.11 Å². The molecule has 0 aliphatic carbocycles. The second-order valence-corrected chi connectivity index (χ2v) is 5.14. The molecule has 0 aromatic carbocycles. The van der Waals surface area contributed by atoms with Crippen molar-refractivity contribution in [2.75, 3.05) is 0 Å². The van der Waals surface area contributed by atoms with Crippen LogP contribution in [0.3, 0.4) is 0 Å². The molecule has 1 nitrogen and oxygen atoms in total. The van der Waals surface area contributed by atoms with Gasteiger partial charge in [0, 0.05) is 0 Å². The SMILES string of the molecule is CCC(CC)CCC(O)C(C)(CC)CC. The minimum Gasteiger partial charge on any atom is -0.393 e. The molecule has 0 amide bonds. The van der Waals surface area contributed by atoms with Gasteiger partial charge in [-0.2, -0.15) is 0 Å². The summed E-state index contributed by atoms with van der Waals surface area (Å²) in [6.45, 7) is 11.1. The van der Waals surface area contributed by atoms with Crippen LogP contribution in [-0.4, -0.2) is 11.2 Å². The summed E-state index contributed by atoms with van der Waals surface area (Å²) in [6, 6.07) is 0. The first-order valence-corrected chi connectivity index (χ1v) is 6.72. The maximum Gasteiger partial charge on any atom is 0.0593 e. The van der Waals surface area contributed by atoms with Crippen LogP contribution in [0.15, 0.2) is 0 Å². The standard InChI is InChI=1S/C14H30O/c1-6-12(7-2)10-11-13(15)14(5,8-3)9-4/h12-13,15H,6-11H2,1-5H3. The van der Waals surface area contributed by atoms with Crippen LogP contribution in [0.4, 0.5) is 0 Å². The lowest BCUT2D eigenvalue weighted by molar-refractivity contribution is 0.0197. The van der Waals surface area contributed by atoms with Crippen molar-refractivity contribution in [2.45, 2.75) is 79.2 Å². The Labute approximate surface area is 96.3 Å². The zero-order valence-electron chi connectivity index (χ0n) is 11.3. The van der Waals surface area contributed by atoms with Crippen LogP contribution in [0, 0.1) is 11.3 Å². The summed E-state index contributed by atoms with van der Waals surface area (Å²) in [6.07, 6.45) is 6.69. The Balaban J connectivity index is 4.06. The first-order valence-electron chi connectivity index (χ1n) is 6.72. The molecular formula is C14H30O. The molecule has 0 saturated heterocycles. The largest absolute Gasteiger partial charge is 0.393 e. The van der Waals surface area contributed by atoms with E-state index in [2.05, 4.69) is 34.6 Å². The van der Waals surface area contributed by atoms with Crippen molar-refractivity contribution in [1.29, 1.82) is 0 Å². The van der Waals surface area contributed by atoms with E-state index in [9.17, 15) is 5.11 Å². The molecule has 0 saturated carbocycles. The molecule has 1 atom stereocenters. The van der Waals surface area contributed by atoms with E-state index in [4.69, 9.17) is 0 Å². The first-order chi connectivity index (χ1) is 7.03. The molecule has 1 heteroatoms. The minimum absolute atomic E-state index is 0.118. The minimum atomic E-state index is -0.118. The molecule has 92 valence electrons. The van der Waals surface area contributed by atoms with Gasteiger partial charge in [-0.3, -0.25) is 0 Å². The molecule has 0 spiro atoms. The number of hydrogen-bond donors (Lipinski definition) is 1. The van der Waals surface area contributed by atoms with Gasteiger partial charge in [0.2, 0.25) is 0 Å². The lowest BCUT2D eigenvalue weighted by Gasteiger charge is -2.33. The zero-order chi connectivity index (χ0) is 11.9. The van der Waals surface area contributed by atoms with Crippen molar-refractivity contribution in [3.63, 3.8) is 0 Å². The lowest BCUT2D eigenvalue weighted by Crippen LogP contribution is -2.31. The molecule has 0 aromatic heterocycles. The van der Waals surface area contributed by atoms with Gasteiger partial charge < -0.3 is 5.11 Å². The Morgan fingerprint density at radius 1 is 0.933 bits per heavy atom. The van der Waals surface area contributed by atoms with Gasteiger partial charge in [-0.1, -0.05) is 47.5 Å². The van der Waals surface area contributed by atoms with Crippen LogP contribution < -0.4 is 0 Å².